The van der Waals surface area contributed by atoms with Crippen molar-refractivity contribution in [3.05, 3.63) is 36.4 Å². The normalized spacial score (nSPS) is 17.1. The fourth-order valence-corrected chi connectivity index (χ4v) is 5.54. The lowest BCUT2D eigenvalue weighted by molar-refractivity contribution is -0.120. The Balaban J connectivity index is 1.54. The molecular formula is C22H26N4O6S. The Labute approximate surface area is 191 Å². The minimum Gasteiger partial charge on any atom is -0.494 e. The molecule has 2 heterocycles. The van der Waals surface area contributed by atoms with Crippen LogP contribution in [0.25, 0.3) is 11.0 Å². The maximum absolute atomic E-state index is 13.3. The summed E-state index contributed by atoms with van der Waals surface area (Å²) >= 11 is 0. The van der Waals surface area contributed by atoms with Crippen molar-refractivity contribution in [3.8, 4) is 11.5 Å². The molecule has 1 aromatic heterocycles. The van der Waals surface area contributed by atoms with E-state index >= 15 is 0 Å². The number of ether oxygens (including phenoxy) is 2. The summed E-state index contributed by atoms with van der Waals surface area (Å²) in [6.07, 6.45) is 1.13. The molecule has 10 nitrogen and oxygen atoms in total. The van der Waals surface area contributed by atoms with Crippen molar-refractivity contribution in [2.75, 3.05) is 31.6 Å². The van der Waals surface area contributed by atoms with Crippen molar-refractivity contribution in [1.82, 2.24) is 14.6 Å². The van der Waals surface area contributed by atoms with Gasteiger partial charge >= 0.3 is 0 Å². The average molecular weight is 475 g/mol. The van der Waals surface area contributed by atoms with Gasteiger partial charge in [0.05, 0.1) is 24.8 Å². The number of carbonyl (C=O) groups excluding carboxylic acids is 1. The van der Waals surface area contributed by atoms with E-state index in [1.54, 1.807) is 30.3 Å². The van der Waals surface area contributed by atoms with Crippen LogP contribution in [-0.4, -0.2) is 55.2 Å². The molecule has 1 aliphatic rings. The van der Waals surface area contributed by atoms with Gasteiger partial charge in [-0.25, -0.2) is 13.0 Å². The van der Waals surface area contributed by atoms with Gasteiger partial charge in [0.15, 0.2) is 5.52 Å². The van der Waals surface area contributed by atoms with E-state index in [2.05, 4.69) is 15.6 Å². The molecule has 0 spiro atoms. The number of carbonyl (C=O) groups is 1. The van der Waals surface area contributed by atoms with Gasteiger partial charge in [-0.3, -0.25) is 4.79 Å². The zero-order valence-corrected chi connectivity index (χ0v) is 19.3. The van der Waals surface area contributed by atoms with Gasteiger partial charge in [0, 0.05) is 19.2 Å². The summed E-state index contributed by atoms with van der Waals surface area (Å²) in [6, 6.07) is 9.92. The summed E-state index contributed by atoms with van der Waals surface area (Å²) < 4.78 is 43.8. The van der Waals surface area contributed by atoms with Crippen LogP contribution in [0.15, 0.2) is 45.9 Å². The molecular weight excluding hydrogens is 448 g/mol. The predicted molar refractivity (Wildman–Crippen MR) is 121 cm³/mol. The molecule has 4 rings (SSSR count). The second kappa shape index (κ2) is 9.75. The molecule has 1 aliphatic heterocycles. The second-order valence-electron chi connectivity index (χ2n) is 7.60. The first kappa shape index (κ1) is 23.0. The Kier molecular flexibility index (Phi) is 6.80. The third-order valence-electron chi connectivity index (χ3n) is 5.44. The van der Waals surface area contributed by atoms with Gasteiger partial charge in [0.25, 0.3) is 0 Å². The first-order valence-electron chi connectivity index (χ1n) is 10.9. The summed E-state index contributed by atoms with van der Waals surface area (Å²) in [5.74, 6) is 0.345. The van der Waals surface area contributed by atoms with E-state index in [1.165, 1.54) is 10.4 Å². The molecule has 0 aliphatic carbocycles. The third kappa shape index (κ3) is 4.79. The van der Waals surface area contributed by atoms with Crippen LogP contribution < -0.4 is 14.8 Å². The summed E-state index contributed by atoms with van der Waals surface area (Å²) in [5, 5.41) is 10.4. The van der Waals surface area contributed by atoms with Crippen LogP contribution in [-0.2, 0) is 14.8 Å². The summed E-state index contributed by atoms with van der Waals surface area (Å²) in [5.41, 5.74) is 1.03. The monoisotopic (exact) mass is 474 g/mol. The van der Waals surface area contributed by atoms with E-state index in [9.17, 15) is 13.2 Å². The molecule has 11 heteroatoms. The number of amides is 1. The molecule has 1 fully saturated rings. The Morgan fingerprint density at radius 3 is 2.79 bits per heavy atom. The third-order valence-corrected chi connectivity index (χ3v) is 7.34. The van der Waals surface area contributed by atoms with E-state index in [-0.39, 0.29) is 22.9 Å². The number of sulfonamides is 1. The highest BCUT2D eigenvalue weighted by Gasteiger charge is 2.35. The van der Waals surface area contributed by atoms with Crippen molar-refractivity contribution in [2.45, 2.75) is 31.6 Å². The topological polar surface area (TPSA) is 124 Å². The summed E-state index contributed by atoms with van der Waals surface area (Å²) in [4.78, 5) is 13.1. The SMILES string of the molecule is CCOc1ccc(OCC)c(NC(=O)C2CCCN(S(=O)(=O)c3cccc4nonc34)C2)c1. The lowest BCUT2D eigenvalue weighted by atomic mass is 9.98. The predicted octanol–water partition coefficient (Wildman–Crippen LogP) is 3.06. The summed E-state index contributed by atoms with van der Waals surface area (Å²) in [7, 11) is -3.88. The molecule has 33 heavy (non-hydrogen) atoms. The van der Waals surface area contributed by atoms with Crippen LogP contribution >= 0.6 is 0 Å². The molecule has 1 atom stereocenters. The molecule has 0 saturated carbocycles. The molecule has 1 N–H and O–H groups in total. The Morgan fingerprint density at radius 2 is 2.00 bits per heavy atom. The van der Waals surface area contributed by atoms with Crippen LogP contribution in [0.4, 0.5) is 5.69 Å². The zero-order chi connectivity index (χ0) is 23.4. The average Bonchev–Trinajstić information content (AvgIpc) is 3.30. The highest BCUT2D eigenvalue weighted by Crippen LogP contribution is 2.32. The van der Waals surface area contributed by atoms with Crippen LogP contribution in [0, 0.1) is 5.92 Å². The van der Waals surface area contributed by atoms with E-state index in [4.69, 9.17) is 14.1 Å². The fourth-order valence-electron chi connectivity index (χ4n) is 3.88. The van der Waals surface area contributed by atoms with E-state index in [1.807, 2.05) is 13.8 Å². The van der Waals surface area contributed by atoms with Crippen LogP contribution in [0.5, 0.6) is 11.5 Å². The highest BCUT2D eigenvalue weighted by atomic mass is 32.2. The zero-order valence-electron chi connectivity index (χ0n) is 18.5. The number of benzene rings is 2. The quantitative estimate of drug-likeness (QED) is 0.528. The molecule has 176 valence electrons. The minimum absolute atomic E-state index is 0.0188. The molecule has 1 saturated heterocycles. The Morgan fingerprint density at radius 1 is 1.18 bits per heavy atom. The second-order valence-corrected chi connectivity index (χ2v) is 9.51. The molecule has 3 aromatic rings. The van der Waals surface area contributed by atoms with Crippen molar-refractivity contribution < 1.29 is 27.3 Å². The van der Waals surface area contributed by atoms with Crippen molar-refractivity contribution in [2.24, 2.45) is 5.92 Å². The lowest BCUT2D eigenvalue weighted by Gasteiger charge is -2.31. The molecule has 1 unspecified atom stereocenters. The number of nitrogens with zero attached hydrogens (tertiary/aromatic N) is 3. The van der Waals surface area contributed by atoms with Crippen molar-refractivity contribution in [3.63, 3.8) is 0 Å². The number of rotatable bonds is 8. The smallest absolute Gasteiger partial charge is 0.245 e. The highest BCUT2D eigenvalue weighted by molar-refractivity contribution is 7.89. The maximum Gasteiger partial charge on any atom is 0.245 e. The Bertz CT molecular complexity index is 1240. The maximum atomic E-state index is 13.3. The van der Waals surface area contributed by atoms with Crippen molar-refractivity contribution in [1.29, 1.82) is 0 Å². The first-order valence-corrected chi connectivity index (χ1v) is 12.3. The van der Waals surface area contributed by atoms with Gasteiger partial charge in [-0.2, -0.15) is 4.31 Å². The number of hydrogen-bond acceptors (Lipinski definition) is 8. The lowest BCUT2D eigenvalue weighted by Crippen LogP contribution is -2.43. The van der Waals surface area contributed by atoms with Crippen LogP contribution in [0.3, 0.4) is 0 Å². The fraction of sp³-hybridized carbons (Fsp3) is 0.409. The van der Waals surface area contributed by atoms with Crippen LogP contribution in [0.2, 0.25) is 0 Å². The summed E-state index contributed by atoms with van der Waals surface area (Å²) in [6.45, 7) is 5.04. The largest absolute Gasteiger partial charge is 0.494 e. The Hall–Kier alpha value is -3.18. The standard InChI is InChI=1S/C22H26N4O6S/c1-3-30-16-10-11-19(31-4-2)18(13-16)23-22(27)15-7-6-12-26(14-15)33(28,29)20-9-5-8-17-21(20)25-32-24-17/h5,8-11,13,15H,3-4,6-7,12,14H2,1-2H3,(H,23,27). The number of anilines is 1. The number of nitrogens with one attached hydrogen (secondary N) is 1. The number of piperidine rings is 1. The minimum atomic E-state index is -3.88. The van der Waals surface area contributed by atoms with Gasteiger partial charge in [0.1, 0.15) is 21.9 Å². The number of aromatic nitrogens is 2. The molecule has 1 amide bonds. The molecule has 0 bridgehead atoms. The molecule has 0 radical (unpaired) electrons. The number of fused-ring (bicyclic) bond motifs is 1. The van der Waals surface area contributed by atoms with Gasteiger partial charge in [0.2, 0.25) is 15.9 Å². The van der Waals surface area contributed by atoms with Crippen molar-refractivity contribution >= 4 is 32.7 Å². The van der Waals surface area contributed by atoms with E-state index < -0.39 is 15.9 Å². The van der Waals surface area contributed by atoms with Gasteiger partial charge in [-0.15, -0.1) is 0 Å². The van der Waals surface area contributed by atoms with Gasteiger partial charge in [-0.1, -0.05) is 6.07 Å². The number of hydrogen-bond donors (Lipinski definition) is 1. The van der Waals surface area contributed by atoms with Gasteiger partial charge in [-0.05, 0) is 61.3 Å². The first-order chi connectivity index (χ1) is 15.9. The van der Waals surface area contributed by atoms with Gasteiger partial charge < -0.3 is 14.8 Å². The van der Waals surface area contributed by atoms with Crippen LogP contribution in [0.1, 0.15) is 26.7 Å². The van der Waals surface area contributed by atoms with E-state index in [0.29, 0.717) is 55.3 Å². The van der Waals surface area contributed by atoms with E-state index in [0.717, 1.165) is 0 Å². The molecule has 2 aromatic carbocycles.